The molecular formula is C17H21ClN6O3S. The first-order valence-corrected chi connectivity index (χ1v) is 9.89. The summed E-state index contributed by atoms with van der Waals surface area (Å²) in [7, 11) is 1.56. The van der Waals surface area contributed by atoms with Crippen molar-refractivity contribution in [2.24, 2.45) is 0 Å². The van der Waals surface area contributed by atoms with E-state index in [4.69, 9.17) is 16.3 Å². The maximum absolute atomic E-state index is 12.3. The number of nitrogens with one attached hydrogen (secondary N) is 2. The van der Waals surface area contributed by atoms with Crippen LogP contribution in [0.5, 0.6) is 0 Å². The summed E-state index contributed by atoms with van der Waals surface area (Å²) in [6.07, 6.45) is 0. The van der Waals surface area contributed by atoms with Crippen LogP contribution in [0.4, 0.5) is 15.6 Å². The van der Waals surface area contributed by atoms with Gasteiger partial charge in [-0.1, -0.05) is 22.9 Å². The highest BCUT2D eigenvalue weighted by Crippen LogP contribution is 2.19. The van der Waals surface area contributed by atoms with Gasteiger partial charge in [-0.15, -0.1) is 10.2 Å². The summed E-state index contributed by atoms with van der Waals surface area (Å²) >= 11 is 7.15. The molecule has 0 atom stereocenters. The number of piperazine rings is 1. The highest BCUT2D eigenvalue weighted by molar-refractivity contribution is 7.15. The zero-order valence-electron chi connectivity index (χ0n) is 15.4. The highest BCUT2D eigenvalue weighted by Gasteiger charge is 2.21. The van der Waals surface area contributed by atoms with Gasteiger partial charge in [0.1, 0.15) is 11.6 Å². The zero-order valence-corrected chi connectivity index (χ0v) is 16.9. The Kier molecular flexibility index (Phi) is 7.01. The number of amides is 3. The van der Waals surface area contributed by atoms with E-state index in [9.17, 15) is 9.59 Å². The average Bonchev–Trinajstić information content (AvgIpc) is 3.14. The number of carbonyl (C=O) groups excluding carboxylic acids is 2. The van der Waals surface area contributed by atoms with Crippen molar-refractivity contribution in [1.82, 2.24) is 20.4 Å². The van der Waals surface area contributed by atoms with Gasteiger partial charge in [-0.3, -0.25) is 10.1 Å². The Balaban J connectivity index is 1.40. The smallest absolute Gasteiger partial charge is 0.317 e. The van der Waals surface area contributed by atoms with E-state index in [1.165, 1.54) is 11.3 Å². The third-order valence-corrected chi connectivity index (χ3v) is 5.20. The van der Waals surface area contributed by atoms with Crippen LogP contribution in [-0.4, -0.2) is 66.9 Å². The molecule has 2 heterocycles. The lowest BCUT2D eigenvalue weighted by atomic mass is 10.2. The molecule has 0 saturated carbocycles. The quantitative estimate of drug-likeness (QED) is 0.733. The first-order valence-electron chi connectivity index (χ1n) is 8.69. The molecule has 11 heteroatoms. The molecule has 3 rings (SSSR count). The third-order valence-electron chi connectivity index (χ3n) is 4.14. The van der Waals surface area contributed by atoms with E-state index in [0.29, 0.717) is 47.9 Å². The molecule has 2 N–H and O–H groups in total. The Labute approximate surface area is 171 Å². The lowest BCUT2D eigenvalue weighted by molar-refractivity contribution is -0.115. The van der Waals surface area contributed by atoms with Gasteiger partial charge in [0.25, 0.3) is 0 Å². The zero-order chi connectivity index (χ0) is 19.9. The molecule has 1 aromatic carbocycles. The topological polar surface area (TPSA) is 99.7 Å². The van der Waals surface area contributed by atoms with Gasteiger partial charge in [0.15, 0.2) is 0 Å². The summed E-state index contributed by atoms with van der Waals surface area (Å²) in [6, 6.07) is 7.38. The van der Waals surface area contributed by atoms with E-state index >= 15 is 0 Å². The number of carbonyl (C=O) groups is 2. The third kappa shape index (κ3) is 5.54. The van der Waals surface area contributed by atoms with E-state index in [1.807, 2.05) is 24.3 Å². The molecule has 0 radical (unpaired) electrons. The molecule has 1 aromatic heterocycles. The number of aromatic nitrogens is 2. The van der Waals surface area contributed by atoms with Gasteiger partial charge in [-0.25, -0.2) is 4.79 Å². The van der Waals surface area contributed by atoms with E-state index in [0.717, 1.165) is 5.69 Å². The fourth-order valence-corrected chi connectivity index (χ4v) is 3.59. The predicted octanol–water partition coefficient (Wildman–Crippen LogP) is 1.81. The molecule has 150 valence electrons. The Morgan fingerprint density at radius 2 is 1.89 bits per heavy atom. The van der Waals surface area contributed by atoms with Crippen LogP contribution in [0.1, 0.15) is 5.01 Å². The monoisotopic (exact) mass is 424 g/mol. The van der Waals surface area contributed by atoms with Gasteiger partial charge < -0.3 is 19.9 Å². The van der Waals surface area contributed by atoms with E-state index < -0.39 is 0 Å². The second-order valence-electron chi connectivity index (χ2n) is 6.09. The second-order valence-corrected chi connectivity index (χ2v) is 7.59. The van der Waals surface area contributed by atoms with Gasteiger partial charge in [-0.2, -0.15) is 0 Å². The molecule has 9 nitrogen and oxygen atoms in total. The fraction of sp³-hybridized carbons (Fsp3) is 0.412. The predicted molar refractivity (Wildman–Crippen MR) is 108 cm³/mol. The number of methoxy groups -OCH3 is 1. The fourth-order valence-electron chi connectivity index (χ4n) is 2.74. The Bertz CT molecular complexity index is 807. The number of halogens is 1. The average molecular weight is 425 g/mol. The maximum Gasteiger partial charge on any atom is 0.317 e. The van der Waals surface area contributed by atoms with Crippen molar-refractivity contribution in [3.63, 3.8) is 0 Å². The number of urea groups is 1. The summed E-state index contributed by atoms with van der Waals surface area (Å²) in [5.41, 5.74) is 1.08. The Hall–Kier alpha value is -2.43. The van der Waals surface area contributed by atoms with Crippen LogP contribution in [0.25, 0.3) is 0 Å². The minimum Gasteiger partial charge on any atom is -0.377 e. The summed E-state index contributed by atoms with van der Waals surface area (Å²) < 4.78 is 4.96. The molecule has 1 fully saturated rings. The van der Waals surface area contributed by atoms with Crippen LogP contribution < -0.4 is 15.5 Å². The number of hydrogen-bond donors (Lipinski definition) is 2. The van der Waals surface area contributed by atoms with Gasteiger partial charge in [0.2, 0.25) is 11.0 Å². The van der Waals surface area contributed by atoms with Crippen molar-refractivity contribution in [2.45, 2.75) is 6.61 Å². The molecular weight excluding hydrogens is 404 g/mol. The number of rotatable bonds is 6. The molecule has 28 heavy (non-hydrogen) atoms. The number of benzene rings is 1. The molecule has 1 saturated heterocycles. The standard InChI is InChI=1S/C17H21ClN6O3S/c1-27-11-15-21-22-16(28-15)20-14(25)10-19-17(26)24-8-6-23(7-9-24)13-4-2-12(18)3-5-13/h2-5H,6-11H2,1H3,(H,19,26)(H,20,22,25). The lowest BCUT2D eigenvalue weighted by Crippen LogP contribution is -2.52. The lowest BCUT2D eigenvalue weighted by Gasteiger charge is -2.36. The molecule has 0 aliphatic carbocycles. The second kappa shape index (κ2) is 9.67. The first kappa shape index (κ1) is 20.3. The molecule has 1 aliphatic rings. The Morgan fingerprint density at radius 3 is 2.57 bits per heavy atom. The van der Waals surface area contributed by atoms with Crippen LogP contribution in [0, 0.1) is 0 Å². The summed E-state index contributed by atoms with van der Waals surface area (Å²) in [6.45, 7) is 2.80. The molecule has 0 unspecified atom stereocenters. The van der Waals surface area contributed by atoms with Crippen molar-refractivity contribution in [3.8, 4) is 0 Å². The van der Waals surface area contributed by atoms with E-state index in [2.05, 4.69) is 25.7 Å². The number of anilines is 2. The number of nitrogens with zero attached hydrogens (tertiary/aromatic N) is 4. The molecule has 0 bridgehead atoms. The van der Waals surface area contributed by atoms with Crippen LogP contribution in [0.3, 0.4) is 0 Å². The number of hydrogen-bond acceptors (Lipinski definition) is 7. The van der Waals surface area contributed by atoms with Crippen LogP contribution >= 0.6 is 22.9 Å². The van der Waals surface area contributed by atoms with Gasteiger partial charge >= 0.3 is 6.03 Å². The molecule has 1 aliphatic heterocycles. The molecule has 3 amide bonds. The highest BCUT2D eigenvalue weighted by atomic mass is 35.5. The van der Waals surface area contributed by atoms with Gasteiger partial charge in [-0.05, 0) is 24.3 Å². The van der Waals surface area contributed by atoms with E-state index in [-0.39, 0.29) is 18.5 Å². The largest absolute Gasteiger partial charge is 0.377 e. The maximum atomic E-state index is 12.3. The minimum atomic E-state index is -0.353. The van der Waals surface area contributed by atoms with Crippen LogP contribution in [-0.2, 0) is 16.1 Å². The minimum absolute atomic E-state index is 0.130. The van der Waals surface area contributed by atoms with Crippen LogP contribution in [0.2, 0.25) is 5.02 Å². The number of ether oxygens (including phenoxy) is 1. The van der Waals surface area contributed by atoms with Crippen molar-refractivity contribution in [3.05, 3.63) is 34.3 Å². The van der Waals surface area contributed by atoms with Crippen LogP contribution in [0.15, 0.2) is 24.3 Å². The first-order chi connectivity index (χ1) is 13.5. The normalized spacial score (nSPS) is 14.1. The van der Waals surface area contributed by atoms with Gasteiger partial charge in [0, 0.05) is 44.0 Å². The Morgan fingerprint density at radius 1 is 1.18 bits per heavy atom. The summed E-state index contributed by atoms with van der Waals surface area (Å²) in [5.74, 6) is -0.353. The van der Waals surface area contributed by atoms with Gasteiger partial charge in [0.05, 0.1) is 6.54 Å². The molecule has 2 aromatic rings. The van der Waals surface area contributed by atoms with E-state index in [1.54, 1.807) is 12.0 Å². The summed E-state index contributed by atoms with van der Waals surface area (Å²) in [5, 5.41) is 14.7. The van der Waals surface area contributed by atoms with Crippen molar-refractivity contribution >= 4 is 45.7 Å². The summed E-state index contributed by atoms with van der Waals surface area (Å²) in [4.78, 5) is 28.2. The van der Waals surface area contributed by atoms with Crippen molar-refractivity contribution in [2.75, 3.05) is 50.1 Å². The SMILES string of the molecule is COCc1nnc(NC(=O)CNC(=O)N2CCN(c3ccc(Cl)cc3)CC2)s1. The molecule has 0 spiro atoms. The van der Waals surface area contributed by atoms with Crippen molar-refractivity contribution < 1.29 is 14.3 Å². The van der Waals surface area contributed by atoms with Crippen molar-refractivity contribution in [1.29, 1.82) is 0 Å².